The second-order valence-corrected chi connectivity index (χ2v) is 3.83. The quantitative estimate of drug-likeness (QED) is 0.509. The van der Waals surface area contributed by atoms with E-state index in [0.717, 1.165) is 10.6 Å². The van der Waals surface area contributed by atoms with Gasteiger partial charge in [-0.25, -0.2) is 0 Å². The molecule has 0 aliphatic rings. The van der Waals surface area contributed by atoms with Gasteiger partial charge in [0.2, 0.25) is 0 Å². The topological polar surface area (TPSA) is 21.6 Å². The Kier molecular flexibility index (Phi) is 7.44. The molecule has 2 nitrogen and oxygen atoms in total. The van der Waals surface area contributed by atoms with Crippen molar-refractivity contribution in [3.63, 3.8) is 0 Å². The predicted molar refractivity (Wildman–Crippen MR) is 62.9 cm³/mol. The van der Waals surface area contributed by atoms with Gasteiger partial charge in [0.1, 0.15) is 0 Å². The Balaban J connectivity index is 3.99. The van der Waals surface area contributed by atoms with Crippen molar-refractivity contribution in [2.24, 2.45) is 10.9 Å². The lowest BCUT2D eigenvalue weighted by atomic mass is 10.2. The molecule has 0 aromatic heterocycles. The SMILES string of the molecule is COCC(C)C=N/C=C\C(C)=C(/C)Cl. The highest BCUT2D eigenvalue weighted by Gasteiger charge is 1.93. The largest absolute Gasteiger partial charge is 0.384 e. The van der Waals surface area contributed by atoms with Gasteiger partial charge in [0.25, 0.3) is 0 Å². The molecule has 0 aromatic rings. The zero-order valence-electron chi connectivity index (χ0n) is 9.25. The first-order valence-corrected chi connectivity index (χ1v) is 4.97. The zero-order chi connectivity index (χ0) is 11.0. The minimum Gasteiger partial charge on any atom is -0.384 e. The first-order chi connectivity index (χ1) is 6.57. The third-order valence-electron chi connectivity index (χ3n) is 1.72. The minimum absolute atomic E-state index is 0.339. The Morgan fingerprint density at radius 3 is 2.64 bits per heavy atom. The first-order valence-electron chi connectivity index (χ1n) is 4.59. The van der Waals surface area contributed by atoms with Gasteiger partial charge < -0.3 is 4.74 Å². The van der Waals surface area contributed by atoms with Gasteiger partial charge in [-0.1, -0.05) is 18.5 Å². The molecule has 0 aliphatic heterocycles. The summed E-state index contributed by atoms with van der Waals surface area (Å²) in [6.07, 6.45) is 5.49. The van der Waals surface area contributed by atoms with Crippen molar-refractivity contribution in [1.29, 1.82) is 0 Å². The average molecular weight is 216 g/mol. The summed E-state index contributed by atoms with van der Waals surface area (Å²) in [6.45, 7) is 6.56. The van der Waals surface area contributed by atoms with Crippen LogP contribution in [-0.2, 0) is 4.74 Å². The lowest BCUT2D eigenvalue weighted by Crippen LogP contribution is -2.03. The average Bonchev–Trinajstić information content (AvgIpc) is 2.12. The third kappa shape index (κ3) is 6.87. The molecule has 0 aromatic carbocycles. The minimum atomic E-state index is 0.339. The Hall–Kier alpha value is -0.600. The molecule has 3 heteroatoms. The molecule has 1 atom stereocenters. The van der Waals surface area contributed by atoms with Crippen LogP contribution in [0.3, 0.4) is 0 Å². The summed E-state index contributed by atoms with van der Waals surface area (Å²) < 4.78 is 4.97. The van der Waals surface area contributed by atoms with Crippen LogP contribution in [0.15, 0.2) is 27.9 Å². The van der Waals surface area contributed by atoms with Gasteiger partial charge in [-0.15, -0.1) is 0 Å². The summed E-state index contributed by atoms with van der Waals surface area (Å²) in [5, 5.41) is 0.793. The highest BCUT2D eigenvalue weighted by atomic mass is 35.5. The van der Waals surface area contributed by atoms with Crippen LogP contribution in [0, 0.1) is 5.92 Å². The van der Waals surface area contributed by atoms with Gasteiger partial charge >= 0.3 is 0 Å². The Morgan fingerprint density at radius 2 is 2.14 bits per heavy atom. The standard InChI is InChI=1S/C11H18ClNO/c1-9(8-14-4)7-13-6-5-10(2)11(3)12/h5-7,9H,8H2,1-4H3/b6-5-,11-10+,13-7?. The van der Waals surface area contributed by atoms with Gasteiger partial charge in [-0.05, 0) is 25.5 Å². The fourth-order valence-corrected chi connectivity index (χ4v) is 0.835. The number of rotatable bonds is 5. The van der Waals surface area contributed by atoms with E-state index >= 15 is 0 Å². The van der Waals surface area contributed by atoms with Gasteiger partial charge in [0.15, 0.2) is 0 Å². The maximum atomic E-state index is 5.78. The number of nitrogens with zero attached hydrogens (tertiary/aromatic N) is 1. The van der Waals surface area contributed by atoms with Crippen LogP contribution in [0.1, 0.15) is 20.8 Å². The number of aliphatic imine (C=N–C) groups is 1. The van der Waals surface area contributed by atoms with Crippen molar-refractivity contribution < 1.29 is 4.74 Å². The lowest BCUT2D eigenvalue weighted by Gasteiger charge is -2.00. The molecular formula is C11H18ClNO. The molecule has 80 valence electrons. The summed E-state index contributed by atoms with van der Waals surface area (Å²) in [5.74, 6) is 0.339. The van der Waals surface area contributed by atoms with Crippen molar-refractivity contribution in [3.8, 4) is 0 Å². The number of methoxy groups -OCH3 is 1. The molecule has 0 rings (SSSR count). The molecule has 0 radical (unpaired) electrons. The number of allylic oxidation sites excluding steroid dienone is 3. The summed E-state index contributed by atoms with van der Waals surface area (Å²) in [4.78, 5) is 4.13. The Labute approximate surface area is 91.3 Å². The normalized spacial score (nSPS) is 16.4. The van der Waals surface area contributed by atoms with Crippen molar-refractivity contribution in [2.75, 3.05) is 13.7 Å². The van der Waals surface area contributed by atoms with Crippen molar-refractivity contribution in [1.82, 2.24) is 0 Å². The molecule has 0 fully saturated rings. The predicted octanol–water partition coefficient (Wildman–Crippen LogP) is 3.39. The van der Waals surface area contributed by atoms with E-state index in [2.05, 4.69) is 11.9 Å². The van der Waals surface area contributed by atoms with Gasteiger partial charge in [0, 0.05) is 30.5 Å². The van der Waals surface area contributed by atoms with E-state index in [1.54, 1.807) is 13.3 Å². The highest BCUT2D eigenvalue weighted by Crippen LogP contribution is 2.08. The molecule has 14 heavy (non-hydrogen) atoms. The van der Waals surface area contributed by atoms with Gasteiger partial charge in [-0.2, -0.15) is 0 Å². The maximum Gasteiger partial charge on any atom is 0.0537 e. The van der Waals surface area contributed by atoms with Crippen LogP contribution >= 0.6 is 11.6 Å². The second-order valence-electron chi connectivity index (χ2n) is 3.26. The summed E-state index contributed by atoms with van der Waals surface area (Å²) in [5.41, 5.74) is 1.03. The summed E-state index contributed by atoms with van der Waals surface area (Å²) in [7, 11) is 1.68. The van der Waals surface area contributed by atoms with E-state index in [9.17, 15) is 0 Å². The zero-order valence-corrected chi connectivity index (χ0v) is 10.0. The monoisotopic (exact) mass is 215 g/mol. The van der Waals surface area contributed by atoms with Gasteiger partial charge in [-0.3, -0.25) is 4.99 Å². The molecule has 0 spiro atoms. The molecule has 0 N–H and O–H groups in total. The molecule has 0 amide bonds. The van der Waals surface area contributed by atoms with E-state index in [-0.39, 0.29) is 0 Å². The number of halogens is 1. The van der Waals surface area contributed by atoms with Crippen LogP contribution < -0.4 is 0 Å². The number of ether oxygens (including phenoxy) is 1. The van der Waals surface area contributed by atoms with E-state index in [1.165, 1.54) is 0 Å². The summed E-state index contributed by atoms with van der Waals surface area (Å²) in [6, 6.07) is 0. The Bertz CT molecular complexity index is 240. The third-order valence-corrected chi connectivity index (χ3v) is 2.02. The van der Waals surface area contributed by atoms with E-state index < -0.39 is 0 Å². The van der Waals surface area contributed by atoms with Crippen molar-refractivity contribution >= 4 is 17.8 Å². The molecule has 0 heterocycles. The van der Waals surface area contributed by atoms with E-state index in [1.807, 2.05) is 26.1 Å². The van der Waals surface area contributed by atoms with Crippen LogP contribution in [0.2, 0.25) is 0 Å². The van der Waals surface area contributed by atoms with Crippen LogP contribution in [-0.4, -0.2) is 19.9 Å². The van der Waals surface area contributed by atoms with E-state index in [0.29, 0.717) is 12.5 Å². The second kappa shape index (κ2) is 7.77. The van der Waals surface area contributed by atoms with Crippen LogP contribution in [0.25, 0.3) is 0 Å². The maximum absolute atomic E-state index is 5.78. The van der Waals surface area contributed by atoms with Crippen LogP contribution in [0.5, 0.6) is 0 Å². The van der Waals surface area contributed by atoms with Crippen LogP contribution in [0.4, 0.5) is 0 Å². The fourth-order valence-electron chi connectivity index (χ4n) is 0.772. The number of hydrogen-bond acceptors (Lipinski definition) is 2. The molecular weight excluding hydrogens is 198 g/mol. The lowest BCUT2D eigenvalue weighted by molar-refractivity contribution is 0.183. The summed E-state index contributed by atoms with van der Waals surface area (Å²) >= 11 is 5.78. The first kappa shape index (κ1) is 13.4. The van der Waals surface area contributed by atoms with Crippen molar-refractivity contribution in [2.45, 2.75) is 20.8 Å². The van der Waals surface area contributed by atoms with E-state index in [4.69, 9.17) is 16.3 Å². The molecule has 0 aliphatic carbocycles. The Morgan fingerprint density at radius 1 is 1.50 bits per heavy atom. The molecule has 0 saturated heterocycles. The molecule has 0 saturated carbocycles. The number of hydrogen-bond donors (Lipinski definition) is 0. The van der Waals surface area contributed by atoms with Gasteiger partial charge in [0.05, 0.1) is 6.61 Å². The molecule has 0 bridgehead atoms. The smallest absolute Gasteiger partial charge is 0.0537 e. The molecule has 1 unspecified atom stereocenters. The fraction of sp³-hybridized carbons (Fsp3) is 0.545. The van der Waals surface area contributed by atoms with Crippen molar-refractivity contribution in [3.05, 3.63) is 22.9 Å². The highest BCUT2D eigenvalue weighted by molar-refractivity contribution is 6.29.